The molecule has 114 valence electrons. The van der Waals surface area contributed by atoms with E-state index in [1.54, 1.807) is 12.1 Å². The molecule has 0 radical (unpaired) electrons. The molecule has 0 saturated carbocycles. The van der Waals surface area contributed by atoms with E-state index in [1.165, 1.54) is 24.3 Å². The SMILES string of the molecule is Nc1ccc(Cl)c(C(=O)O)c1NCc1ccc(C(=O)O)cc1. The van der Waals surface area contributed by atoms with Crippen molar-refractivity contribution >= 4 is 34.9 Å². The Morgan fingerprint density at radius 3 is 2.23 bits per heavy atom. The molecule has 0 aliphatic heterocycles. The highest BCUT2D eigenvalue weighted by atomic mass is 35.5. The van der Waals surface area contributed by atoms with Gasteiger partial charge in [-0.25, -0.2) is 9.59 Å². The Morgan fingerprint density at radius 2 is 1.68 bits per heavy atom. The summed E-state index contributed by atoms with van der Waals surface area (Å²) in [6.45, 7) is 0.282. The summed E-state index contributed by atoms with van der Waals surface area (Å²) in [5.74, 6) is -2.19. The second kappa shape index (κ2) is 6.36. The van der Waals surface area contributed by atoms with Crippen molar-refractivity contribution in [1.29, 1.82) is 0 Å². The maximum absolute atomic E-state index is 11.3. The quantitative estimate of drug-likeness (QED) is 0.630. The van der Waals surface area contributed by atoms with Crippen molar-refractivity contribution in [3.05, 3.63) is 58.1 Å². The van der Waals surface area contributed by atoms with Crippen LogP contribution in [0.15, 0.2) is 36.4 Å². The zero-order valence-corrected chi connectivity index (χ0v) is 12.1. The smallest absolute Gasteiger partial charge is 0.339 e. The Balaban J connectivity index is 2.23. The number of hydrogen-bond donors (Lipinski definition) is 4. The summed E-state index contributed by atoms with van der Waals surface area (Å²) < 4.78 is 0. The monoisotopic (exact) mass is 320 g/mol. The van der Waals surface area contributed by atoms with E-state index in [4.69, 9.17) is 22.4 Å². The zero-order chi connectivity index (χ0) is 16.3. The Kier molecular flexibility index (Phi) is 4.53. The number of aromatic carboxylic acids is 2. The van der Waals surface area contributed by atoms with E-state index in [0.717, 1.165) is 5.56 Å². The fourth-order valence-corrected chi connectivity index (χ4v) is 2.19. The molecule has 2 rings (SSSR count). The van der Waals surface area contributed by atoms with Crippen molar-refractivity contribution in [3.8, 4) is 0 Å². The van der Waals surface area contributed by atoms with Crippen molar-refractivity contribution < 1.29 is 19.8 Å². The van der Waals surface area contributed by atoms with Crippen molar-refractivity contribution in [2.45, 2.75) is 6.54 Å². The molecule has 0 heterocycles. The van der Waals surface area contributed by atoms with Crippen molar-refractivity contribution in [3.63, 3.8) is 0 Å². The van der Waals surface area contributed by atoms with Gasteiger partial charge in [0.1, 0.15) is 5.56 Å². The number of carbonyl (C=O) groups is 2. The van der Waals surface area contributed by atoms with Crippen molar-refractivity contribution in [2.24, 2.45) is 0 Å². The highest BCUT2D eigenvalue weighted by molar-refractivity contribution is 6.34. The van der Waals surface area contributed by atoms with Gasteiger partial charge in [0.15, 0.2) is 0 Å². The van der Waals surface area contributed by atoms with Crippen LogP contribution in [-0.2, 0) is 6.54 Å². The van der Waals surface area contributed by atoms with Crippen LogP contribution in [0.3, 0.4) is 0 Å². The number of nitrogen functional groups attached to an aromatic ring is 1. The largest absolute Gasteiger partial charge is 0.478 e. The second-order valence-electron chi connectivity index (χ2n) is 4.55. The van der Waals surface area contributed by atoms with Crippen molar-refractivity contribution in [1.82, 2.24) is 0 Å². The Labute approximate surface area is 131 Å². The third kappa shape index (κ3) is 3.29. The number of hydrogen-bond acceptors (Lipinski definition) is 4. The summed E-state index contributed by atoms with van der Waals surface area (Å²) >= 11 is 5.89. The third-order valence-electron chi connectivity index (χ3n) is 3.07. The molecule has 0 spiro atoms. The first-order chi connectivity index (χ1) is 10.4. The Morgan fingerprint density at radius 1 is 1.05 bits per heavy atom. The van der Waals surface area contributed by atoms with Crippen LogP contribution in [-0.4, -0.2) is 22.2 Å². The molecule has 22 heavy (non-hydrogen) atoms. The lowest BCUT2D eigenvalue weighted by Gasteiger charge is -2.13. The molecular formula is C15H13ClN2O4. The molecule has 0 fully saturated rings. The zero-order valence-electron chi connectivity index (χ0n) is 11.3. The molecule has 0 atom stereocenters. The molecule has 6 nitrogen and oxygen atoms in total. The van der Waals surface area contributed by atoms with Crippen LogP contribution in [0, 0.1) is 0 Å². The van der Waals surface area contributed by atoms with Gasteiger partial charge in [0.05, 0.1) is 22.0 Å². The molecule has 7 heteroatoms. The first kappa shape index (κ1) is 15.7. The normalized spacial score (nSPS) is 10.2. The molecule has 5 N–H and O–H groups in total. The molecule has 0 aliphatic rings. The minimum Gasteiger partial charge on any atom is -0.478 e. The summed E-state index contributed by atoms with van der Waals surface area (Å²) in [6, 6.07) is 9.16. The Hall–Kier alpha value is -2.73. The first-order valence-electron chi connectivity index (χ1n) is 6.27. The highest BCUT2D eigenvalue weighted by Crippen LogP contribution is 2.30. The molecule has 2 aromatic rings. The van der Waals surface area contributed by atoms with Gasteiger partial charge in [0.2, 0.25) is 0 Å². The van der Waals surface area contributed by atoms with Crippen LogP contribution in [0.2, 0.25) is 5.02 Å². The van der Waals surface area contributed by atoms with Crippen LogP contribution in [0.25, 0.3) is 0 Å². The molecule has 2 aromatic carbocycles. The van der Waals surface area contributed by atoms with E-state index in [1.807, 2.05) is 0 Å². The fourth-order valence-electron chi connectivity index (χ4n) is 1.95. The molecule has 0 saturated heterocycles. The minimum atomic E-state index is -1.18. The summed E-state index contributed by atoms with van der Waals surface area (Å²) in [5, 5.41) is 21.1. The average Bonchev–Trinajstić information content (AvgIpc) is 2.48. The van der Waals surface area contributed by atoms with Crippen LogP contribution < -0.4 is 11.1 Å². The molecule has 0 unspecified atom stereocenters. The fraction of sp³-hybridized carbons (Fsp3) is 0.0667. The Bertz CT molecular complexity index is 729. The van der Waals surface area contributed by atoms with Gasteiger partial charge in [-0.1, -0.05) is 23.7 Å². The molecule has 0 aliphatic carbocycles. The molecule has 0 bridgehead atoms. The van der Waals surface area contributed by atoms with Gasteiger partial charge in [-0.05, 0) is 29.8 Å². The lowest BCUT2D eigenvalue weighted by molar-refractivity contribution is 0.0686. The number of nitrogens with one attached hydrogen (secondary N) is 1. The summed E-state index contributed by atoms with van der Waals surface area (Å²) in [4.78, 5) is 22.1. The predicted molar refractivity (Wildman–Crippen MR) is 83.6 cm³/mol. The van der Waals surface area contributed by atoms with Gasteiger partial charge < -0.3 is 21.3 Å². The average molecular weight is 321 g/mol. The van der Waals surface area contributed by atoms with Gasteiger partial charge in [-0.3, -0.25) is 0 Å². The number of benzene rings is 2. The molecule has 0 amide bonds. The van der Waals surface area contributed by atoms with E-state index in [9.17, 15) is 14.7 Å². The molecular weight excluding hydrogens is 308 g/mol. The lowest BCUT2D eigenvalue weighted by atomic mass is 10.1. The van der Waals surface area contributed by atoms with Gasteiger partial charge in [-0.15, -0.1) is 0 Å². The van der Waals surface area contributed by atoms with E-state index < -0.39 is 11.9 Å². The van der Waals surface area contributed by atoms with E-state index in [2.05, 4.69) is 5.32 Å². The lowest BCUT2D eigenvalue weighted by Crippen LogP contribution is -2.10. The number of halogens is 1. The van der Waals surface area contributed by atoms with Crippen LogP contribution in [0.4, 0.5) is 11.4 Å². The van der Waals surface area contributed by atoms with Crippen LogP contribution in [0.1, 0.15) is 26.3 Å². The molecule has 0 aromatic heterocycles. The van der Waals surface area contributed by atoms with Gasteiger partial charge in [0.25, 0.3) is 0 Å². The number of rotatable bonds is 5. The van der Waals surface area contributed by atoms with Crippen LogP contribution in [0.5, 0.6) is 0 Å². The van der Waals surface area contributed by atoms with Gasteiger partial charge in [0, 0.05) is 6.54 Å². The third-order valence-corrected chi connectivity index (χ3v) is 3.39. The number of carboxylic acid groups (broad SMARTS) is 2. The standard InChI is InChI=1S/C15H13ClN2O4/c16-10-5-6-11(17)13(12(10)15(21)22)18-7-8-1-3-9(4-2-8)14(19)20/h1-6,18H,7,17H2,(H,19,20)(H,21,22). The van der Waals surface area contributed by atoms with E-state index in [-0.39, 0.29) is 34.1 Å². The number of anilines is 2. The predicted octanol–water partition coefficient (Wildman–Crippen LogP) is 2.93. The maximum Gasteiger partial charge on any atom is 0.339 e. The summed E-state index contributed by atoms with van der Waals surface area (Å²) in [6.07, 6.45) is 0. The van der Waals surface area contributed by atoms with Crippen molar-refractivity contribution in [2.75, 3.05) is 11.1 Å². The second-order valence-corrected chi connectivity index (χ2v) is 4.95. The van der Waals surface area contributed by atoms with Gasteiger partial charge in [-0.2, -0.15) is 0 Å². The van der Waals surface area contributed by atoms with E-state index in [0.29, 0.717) is 0 Å². The highest BCUT2D eigenvalue weighted by Gasteiger charge is 2.17. The summed E-state index contributed by atoms with van der Waals surface area (Å²) in [5.41, 5.74) is 7.16. The van der Waals surface area contributed by atoms with Gasteiger partial charge >= 0.3 is 11.9 Å². The van der Waals surface area contributed by atoms with Crippen LogP contribution >= 0.6 is 11.6 Å². The van der Waals surface area contributed by atoms with E-state index >= 15 is 0 Å². The number of carboxylic acids is 2. The number of nitrogens with two attached hydrogens (primary N) is 1. The topological polar surface area (TPSA) is 113 Å². The first-order valence-corrected chi connectivity index (χ1v) is 6.65. The summed E-state index contributed by atoms with van der Waals surface area (Å²) in [7, 11) is 0. The maximum atomic E-state index is 11.3. The minimum absolute atomic E-state index is 0.0884.